The van der Waals surface area contributed by atoms with Crippen LogP contribution in [-0.2, 0) is 0 Å². The van der Waals surface area contributed by atoms with Crippen molar-refractivity contribution in [3.63, 3.8) is 0 Å². The summed E-state index contributed by atoms with van der Waals surface area (Å²) in [5.41, 5.74) is 5.75. The fourth-order valence-corrected chi connectivity index (χ4v) is 3.85. The van der Waals surface area contributed by atoms with Crippen molar-refractivity contribution < 1.29 is 18.7 Å². The van der Waals surface area contributed by atoms with E-state index < -0.39 is 17.0 Å². The van der Waals surface area contributed by atoms with Gasteiger partial charge in [-0.1, -0.05) is 6.07 Å². The number of halogens is 1. The number of Topliss-reactive ketones (excluding diaryl/α,β-unsaturated/α-hetero) is 1. The van der Waals surface area contributed by atoms with E-state index in [-0.39, 0.29) is 46.6 Å². The van der Waals surface area contributed by atoms with E-state index in [0.29, 0.717) is 30.7 Å². The maximum absolute atomic E-state index is 15.2. The Hall–Kier alpha value is -3.95. The highest BCUT2D eigenvalue weighted by Gasteiger charge is 2.29. The van der Waals surface area contributed by atoms with E-state index in [1.165, 1.54) is 19.3 Å². The number of anilines is 2. The summed E-state index contributed by atoms with van der Waals surface area (Å²) in [6.07, 6.45) is 3.51. The third kappa shape index (κ3) is 3.99. The van der Waals surface area contributed by atoms with Crippen molar-refractivity contribution >= 4 is 34.0 Å². The van der Waals surface area contributed by atoms with Gasteiger partial charge in [0.15, 0.2) is 17.3 Å². The number of nitrogens with one attached hydrogen (secondary N) is 2. The van der Waals surface area contributed by atoms with Crippen LogP contribution in [0.2, 0.25) is 0 Å². The maximum Gasteiger partial charge on any atom is 0.269 e. The number of ether oxygens (including phenoxy) is 1. The van der Waals surface area contributed by atoms with E-state index >= 15 is 4.39 Å². The van der Waals surface area contributed by atoms with Crippen LogP contribution in [0.5, 0.6) is 5.75 Å². The average Bonchev–Trinajstić information content (AvgIpc) is 2.80. The summed E-state index contributed by atoms with van der Waals surface area (Å²) in [5.74, 6) is -1.34. The molecule has 0 spiro atoms. The van der Waals surface area contributed by atoms with Gasteiger partial charge >= 0.3 is 0 Å². The summed E-state index contributed by atoms with van der Waals surface area (Å²) in [4.78, 5) is 40.9. The Morgan fingerprint density at radius 2 is 2.12 bits per heavy atom. The summed E-state index contributed by atoms with van der Waals surface area (Å²) < 4.78 is 22.8. The Kier molecular flexibility index (Phi) is 5.99. The van der Waals surface area contributed by atoms with E-state index in [4.69, 9.17) is 10.5 Å². The second-order valence-corrected chi connectivity index (χ2v) is 7.90. The fourth-order valence-electron chi connectivity index (χ4n) is 3.85. The highest BCUT2D eigenvalue weighted by atomic mass is 19.1. The minimum Gasteiger partial charge on any atom is -0.487 e. The molecule has 4 rings (SSSR count). The van der Waals surface area contributed by atoms with Gasteiger partial charge in [-0.2, -0.15) is 0 Å². The summed E-state index contributed by atoms with van der Waals surface area (Å²) in [5, 5.41) is 5.67. The summed E-state index contributed by atoms with van der Waals surface area (Å²) >= 11 is 0. The molecule has 0 saturated heterocycles. The summed E-state index contributed by atoms with van der Waals surface area (Å²) in [6.45, 7) is 4.04. The van der Waals surface area contributed by atoms with Gasteiger partial charge in [-0.25, -0.2) is 4.39 Å². The van der Waals surface area contributed by atoms with E-state index in [2.05, 4.69) is 15.6 Å². The standard InChI is InChI=1S/C23H24FN5O4/c1-12-11-33-22-19(27-8-5-9-28-23(32)15-6-3-4-7-26-15)17(24)18(25)16-20(22)29(12)10-14(13(2)30)21(16)31/h3-4,6-7,10,12,27H,5,8-9,11,25H2,1-2H3,(H,28,32). The summed E-state index contributed by atoms with van der Waals surface area (Å²) in [7, 11) is 0. The molecule has 0 saturated carbocycles. The zero-order valence-electron chi connectivity index (χ0n) is 18.3. The third-order valence-electron chi connectivity index (χ3n) is 5.56. The second kappa shape index (κ2) is 8.89. The largest absolute Gasteiger partial charge is 0.487 e. The van der Waals surface area contributed by atoms with Gasteiger partial charge in [0.2, 0.25) is 5.43 Å². The number of hydrogen-bond acceptors (Lipinski definition) is 7. The van der Waals surface area contributed by atoms with Crippen LogP contribution in [0.15, 0.2) is 35.4 Å². The summed E-state index contributed by atoms with van der Waals surface area (Å²) in [6, 6.07) is 4.88. The Morgan fingerprint density at radius 1 is 1.33 bits per heavy atom. The van der Waals surface area contributed by atoms with Crippen molar-refractivity contribution in [1.82, 2.24) is 14.9 Å². The van der Waals surface area contributed by atoms with Crippen molar-refractivity contribution in [1.29, 1.82) is 0 Å². The SMILES string of the molecule is CC(=O)c1cn2c3c(c(NCCCNC(=O)c4ccccn4)c(F)c(N)c3c1=O)OCC2C. The lowest BCUT2D eigenvalue weighted by Gasteiger charge is -2.29. The number of amides is 1. The van der Waals surface area contributed by atoms with E-state index in [9.17, 15) is 14.4 Å². The average molecular weight is 453 g/mol. The molecule has 1 unspecified atom stereocenters. The quantitative estimate of drug-likeness (QED) is 0.285. The van der Waals surface area contributed by atoms with E-state index in [0.717, 1.165) is 0 Å². The highest BCUT2D eigenvalue weighted by molar-refractivity contribution is 6.04. The number of rotatable bonds is 7. The zero-order chi connectivity index (χ0) is 23.7. The van der Waals surface area contributed by atoms with Crippen LogP contribution < -0.4 is 26.5 Å². The molecule has 0 fully saturated rings. The molecule has 9 nitrogen and oxygen atoms in total. The predicted molar refractivity (Wildman–Crippen MR) is 122 cm³/mol. The number of pyridine rings is 2. The number of hydrogen-bond donors (Lipinski definition) is 3. The van der Waals surface area contributed by atoms with Gasteiger partial charge in [-0.3, -0.25) is 19.4 Å². The lowest BCUT2D eigenvalue weighted by molar-refractivity contribution is 0.0947. The van der Waals surface area contributed by atoms with Crippen molar-refractivity contribution in [2.75, 3.05) is 30.7 Å². The van der Waals surface area contributed by atoms with Crippen molar-refractivity contribution in [3.8, 4) is 5.75 Å². The Labute approximate surface area is 188 Å². The first-order valence-corrected chi connectivity index (χ1v) is 10.6. The number of nitrogen functional groups attached to an aromatic ring is 1. The molecule has 33 heavy (non-hydrogen) atoms. The number of nitrogens with zero attached hydrogens (tertiary/aromatic N) is 2. The van der Waals surface area contributed by atoms with Crippen LogP contribution in [-0.4, -0.2) is 40.9 Å². The Balaban J connectivity index is 1.58. The lowest BCUT2D eigenvalue weighted by Crippen LogP contribution is -2.28. The smallest absolute Gasteiger partial charge is 0.269 e. The normalized spacial score (nSPS) is 14.6. The fraction of sp³-hybridized carbons (Fsp3) is 0.304. The van der Waals surface area contributed by atoms with Crippen LogP contribution in [0, 0.1) is 5.82 Å². The number of benzene rings is 1. The molecule has 1 amide bonds. The first-order valence-electron chi connectivity index (χ1n) is 10.6. The van der Waals surface area contributed by atoms with E-state index in [1.54, 1.807) is 22.8 Å². The van der Waals surface area contributed by atoms with Crippen LogP contribution >= 0.6 is 0 Å². The molecule has 1 aliphatic rings. The van der Waals surface area contributed by atoms with Crippen molar-refractivity contribution in [2.45, 2.75) is 26.3 Å². The topological polar surface area (TPSA) is 128 Å². The maximum atomic E-state index is 15.2. The molecular weight excluding hydrogens is 429 g/mol. The number of carbonyl (C=O) groups excluding carboxylic acids is 2. The molecule has 10 heteroatoms. The predicted octanol–water partition coefficient (Wildman–Crippen LogP) is 2.51. The molecule has 1 atom stereocenters. The minimum atomic E-state index is -0.811. The molecular formula is C23H24FN5O4. The zero-order valence-corrected chi connectivity index (χ0v) is 18.3. The number of carbonyl (C=O) groups is 2. The van der Waals surface area contributed by atoms with Crippen molar-refractivity contribution in [3.05, 3.63) is 57.9 Å². The third-order valence-corrected chi connectivity index (χ3v) is 5.56. The van der Waals surface area contributed by atoms with Crippen LogP contribution in [0.25, 0.3) is 10.9 Å². The van der Waals surface area contributed by atoms with Gasteiger partial charge in [-0.05, 0) is 32.4 Å². The molecule has 0 bridgehead atoms. The first-order chi connectivity index (χ1) is 15.8. The molecule has 1 aromatic carbocycles. The molecule has 2 aromatic heterocycles. The molecule has 4 N–H and O–H groups in total. The number of nitrogens with two attached hydrogens (primary N) is 1. The highest BCUT2D eigenvalue weighted by Crippen LogP contribution is 2.43. The van der Waals surface area contributed by atoms with Crippen LogP contribution in [0.1, 0.15) is 47.2 Å². The van der Waals surface area contributed by atoms with Gasteiger partial charge in [0, 0.05) is 25.5 Å². The molecule has 1 aliphatic heterocycles. The number of ketones is 1. The minimum absolute atomic E-state index is 0.0438. The Bertz CT molecular complexity index is 1310. The Morgan fingerprint density at radius 3 is 2.82 bits per heavy atom. The van der Waals surface area contributed by atoms with Gasteiger partial charge in [0.05, 0.1) is 28.2 Å². The van der Waals surface area contributed by atoms with E-state index in [1.807, 2.05) is 6.92 Å². The van der Waals surface area contributed by atoms with Gasteiger partial charge in [0.1, 0.15) is 18.0 Å². The van der Waals surface area contributed by atoms with Crippen molar-refractivity contribution in [2.24, 2.45) is 0 Å². The second-order valence-electron chi connectivity index (χ2n) is 7.90. The lowest BCUT2D eigenvalue weighted by atomic mass is 10.0. The molecule has 3 heterocycles. The molecule has 0 aliphatic carbocycles. The van der Waals surface area contributed by atoms with Gasteiger partial charge < -0.3 is 25.7 Å². The van der Waals surface area contributed by atoms with Crippen LogP contribution in [0.4, 0.5) is 15.8 Å². The van der Waals surface area contributed by atoms with Crippen LogP contribution in [0.3, 0.4) is 0 Å². The van der Waals surface area contributed by atoms with Gasteiger partial charge in [-0.15, -0.1) is 0 Å². The first kappa shape index (κ1) is 22.3. The number of aromatic nitrogens is 2. The molecule has 172 valence electrons. The molecule has 3 aromatic rings. The molecule has 0 radical (unpaired) electrons. The van der Waals surface area contributed by atoms with Gasteiger partial charge in [0.25, 0.3) is 5.91 Å². The monoisotopic (exact) mass is 453 g/mol.